The van der Waals surface area contributed by atoms with Gasteiger partial charge in [0.1, 0.15) is 18.2 Å². The number of hydrogen-bond donors (Lipinski definition) is 3. The number of piperidine rings is 1. The number of hydrogen-bond acceptors (Lipinski definition) is 9. The van der Waals surface area contributed by atoms with E-state index >= 15 is 0 Å². The highest BCUT2D eigenvalue weighted by Crippen LogP contribution is 2.34. The van der Waals surface area contributed by atoms with Gasteiger partial charge in [-0.2, -0.15) is 31.4 Å². The Hall–Kier alpha value is -5.29. The number of pyridine rings is 1. The highest BCUT2D eigenvalue weighted by molar-refractivity contribution is 6.00. The van der Waals surface area contributed by atoms with Crippen LogP contribution in [0.3, 0.4) is 0 Å². The number of aromatic amines is 1. The van der Waals surface area contributed by atoms with E-state index in [0.717, 1.165) is 63.8 Å². The second-order valence-corrected chi connectivity index (χ2v) is 9.89. The molecule has 3 aromatic heterocycles. The first kappa shape index (κ1) is 33.6. The van der Waals surface area contributed by atoms with Crippen molar-refractivity contribution in [3.05, 3.63) is 48.6 Å². The zero-order valence-electron chi connectivity index (χ0n) is 23.5. The molecule has 12 nitrogen and oxygen atoms in total. The average Bonchev–Trinajstić information content (AvgIpc) is 3.47. The standard InChI is InChI=1S/C24H22N6O2.2C2HF3O2/c31-22-6-2-1-4-15-7-8-19-17(12-28-29-19)23(15)21-10-20-18(11-25-21)24(27-14-26-20)30-9-3-5-16(13-30)32-22;2*3-2(4,5)1(6)7/h1,4,7-8,10-12,14,16H,2-3,5-6,9,13H2,(H,28,29);2*(H,6,7). The molecule has 46 heavy (non-hydrogen) atoms. The van der Waals surface area contributed by atoms with E-state index < -0.39 is 24.3 Å². The largest absolute Gasteiger partial charge is 0.490 e. The molecule has 6 bridgehead atoms. The summed E-state index contributed by atoms with van der Waals surface area (Å²) in [5.41, 5.74) is 4.61. The minimum atomic E-state index is -5.08. The number of carbonyl (C=O) groups excluding carboxylic acids is 1. The van der Waals surface area contributed by atoms with Crippen LogP contribution in [0.25, 0.3) is 39.1 Å². The van der Waals surface area contributed by atoms with Gasteiger partial charge in [-0.05, 0) is 37.0 Å². The monoisotopic (exact) mass is 654 g/mol. The zero-order valence-corrected chi connectivity index (χ0v) is 23.5. The van der Waals surface area contributed by atoms with E-state index in [1.165, 1.54) is 0 Å². The molecule has 1 aromatic carbocycles. The fraction of sp³-hybridized carbons (Fsp3) is 0.321. The molecular formula is C28H24F6N6O6. The van der Waals surface area contributed by atoms with E-state index in [0.29, 0.717) is 19.4 Å². The number of allylic oxidation sites excluding steroid dienone is 1. The number of aromatic nitrogens is 5. The summed E-state index contributed by atoms with van der Waals surface area (Å²) >= 11 is 0. The van der Waals surface area contributed by atoms with Crippen molar-refractivity contribution in [3.63, 3.8) is 0 Å². The van der Waals surface area contributed by atoms with Gasteiger partial charge in [-0.15, -0.1) is 0 Å². The third-order valence-electron chi connectivity index (χ3n) is 6.69. The second-order valence-electron chi connectivity index (χ2n) is 9.89. The first-order chi connectivity index (χ1) is 21.6. The molecule has 1 fully saturated rings. The molecule has 7 rings (SSSR count). The van der Waals surface area contributed by atoms with Gasteiger partial charge in [-0.3, -0.25) is 14.9 Å². The number of carboxylic acids is 2. The van der Waals surface area contributed by atoms with E-state index in [2.05, 4.69) is 25.1 Å². The number of nitrogens with one attached hydrogen (secondary N) is 1. The zero-order chi connectivity index (χ0) is 33.6. The summed E-state index contributed by atoms with van der Waals surface area (Å²) in [6.07, 6.45) is 1.84. The summed E-state index contributed by atoms with van der Waals surface area (Å²) in [6.45, 7) is 1.50. The lowest BCUT2D eigenvalue weighted by Crippen LogP contribution is -2.41. The maximum absolute atomic E-state index is 12.4. The average molecular weight is 655 g/mol. The molecule has 1 atom stereocenters. The fourth-order valence-corrected chi connectivity index (χ4v) is 4.67. The van der Waals surface area contributed by atoms with Crippen LogP contribution in [0, 0.1) is 0 Å². The molecule has 244 valence electrons. The number of rotatable bonds is 0. The van der Waals surface area contributed by atoms with Gasteiger partial charge in [0.2, 0.25) is 0 Å². The van der Waals surface area contributed by atoms with Crippen LogP contribution in [0.15, 0.2) is 43.0 Å². The predicted octanol–water partition coefficient (Wildman–Crippen LogP) is 5.15. The number of benzene rings is 1. The van der Waals surface area contributed by atoms with Gasteiger partial charge in [-0.25, -0.2) is 19.6 Å². The Kier molecular flexibility index (Phi) is 10.1. The van der Waals surface area contributed by atoms with Crippen LogP contribution in [-0.4, -0.2) is 84.8 Å². The highest BCUT2D eigenvalue weighted by Gasteiger charge is 2.39. The van der Waals surface area contributed by atoms with Crippen molar-refractivity contribution in [2.75, 3.05) is 18.0 Å². The second kappa shape index (κ2) is 13.8. The number of nitrogens with zero attached hydrogens (tertiary/aromatic N) is 5. The number of fused-ring (bicyclic) bond motifs is 6. The Morgan fingerprint density at radius 1 is 0.978 bits per heavy atom. The maximum atomic E-state index is 12.4. The van der Waals surface area contributed by atoms with Gasteiger partial charge >= 0.3 is 30.3 Å². The van der Waals surface area contributed by atoms with Crippen LogP contribution in [0.1, 0.15) is 31.2 Å². The Morgan fingerprint density at radius 2 is 1.67 bits per heavy atom. The molecule has 18 heteroatoms. The number of halogens is 6. The molecule has 0 spiro atoms. The molecule has 0 saturated carbocycles. The van der Waals surface area contributed by atoms with E-state index in [1.807, 2.05) is 42.7 Å². The van der Waals surface area contributed by atoms with E-state index in [-0.39, 0.29) is 12.1 Å². The molecule has 1 unspecified atom stereocenters. The van der Waals surface area contributed by atoms with Crippen LogP contribution >= 0.6 is 0 Å². The van der Waals surface area contributed by atoms with Gasteiger partial charge in [0.05, 0.1) is 34.9 Å². The van der Waals surface area contributed by atoms with Crippen molar-refractivity contribution in [2.24, 2.45) is 0 Å². The SMILES string of the molecule is O=C(O)C(F)(F)F.O=C(O)C(F)(F)F.O=C1CCC=Cc2ccc3[nH]ncc3c2-c2cc3ncnc(c3cn2)N2CCCC(C2)O1. The summed E-state index contributed by atoms with van der Waals surface area (Å²) in [4.78, 5) is 46.3. The quantitative estimate of drug-likeness (QED) is 0.169. The summed E-state index contributed by atoms with van der Waals surface area (Å²) in [7, 11) is 0. The lowest BCUT2D eigenvalue weighted by Gasteiger charge is -2.33. The third-order valence-corrected chi connectivity index (χ3v) is 6.69. The van der Waals surface area contributed by atoms with E-state index in [4.69, 9.17) is 29.5 Å². The van der Waals surface area contributed by atoms with Crippen LogP contribution in [0.5, 0.6) is 0 Å². The Balaban J connectivity index is 0.000000289. The van der Waals surface area contributed by atoms with Crippen molar-refractivity contribution < 1.29 is 55.7 Å². The maximum Gasteiger partial charge on any atom is 0.490 e. The summed E-state index contributed by atoms with van der Waals surface area (Å²) in [5.74, 6) is -4.83. The molecule has 0 amide bonds. The van der Waals surface area contributed by atoms with Crippen LogP contribution < -0.4 is 4.90 Å². The highest BCUT2D eigenvalue weighted by atomic mass is 19.4. The van der Waals surface area contributed by atoms with Gasteiger partial charge in [0.25, 0.3) is 0 Å². The normalized spacial score (nSPS) is 16.6. The Bertz CT molecular complexity index is 1750. The number of esters is 1. The number of anilines is 1. The van der Waals surface area contributed by atoms with Gasteiger partial charge in [-0.1, -0.05) is 18.2 Å². The molecule has 0 aliphatic carbocycles. The van der Waals surface area contributed by atoms with E-state index in [9.17, 15) is 31.1 Å². The minimum Gasteiger partial charge on any atom is -0.475 e. The summed E-state index contributed by atoms with van der Waals surface area (Å²) in [6, 6.07) is 6.07. The molecule has 3 N–H and O–H groups in total. The van der Waals surface area contributed by atoms with Crippen LogP contribution in [0.4, 0.5) is 32.2 Å². The van der Waals surface area contributed by atoms with Gasteiger partial charge in [0.15, 0.2) is 0 Å². The van der Waals surface area contributed by atoms with Gasteiger partial charge in [0, 0.05) is 30.1 Å². The number of H-pyrrole nitrogens is 1. The summed E-state index contributed by atoms with van der Waals surface area (Å²) in [5, 5.41) is 23.4. The molecule has 6 heterocycles. The summed E-state index contributed by atoms with van der Waals surface area (Å²) < 4.78 is 69.3. The molecular weight excluding hydrogens is 630 g/mol. The number of carbonyl (C=O) groups is 3. The number of aliphatic carboxylic acids is 2. The molecule has 3 aliphatic heterocycles. The van der Waals surface area contributed by atoms with Crippen LogP contribution in [-0.2, 0) is 19.1 Å². The Labute approximate surface area is 254 Å². The van der Waals surface area contributed by atoms with Crippen molar-refractivity contribution in [1.29, 1.82) is 0 Å². The molecule has 1 saturated heterocycles. The minimum absolute atomic E-state index is 0.125. The number of ether oxygens (including phenoxy) is 1. The van der Waals surface area contributed by atoms with Crippen molar-refractivity contribution in [2.45, 2.75) is 44.1 Å². The van der Waals surface area contributed by atoms with Gasteiger partial charge < -0.3 is 19.8 Å². The lowest BCUT2D eigenvalue weighted by molar-refractivity contribution is -0.193. The Morgan fingerprint density at radius 3 is 2.35 bits per heavy atom. The predicted molar refractivity (Wildman–Crippen MR) is 149 cm³/mol. The molecule has 4 aromatic rings. The lowest BCUT2D eigenvalue weighted by atomic mass is 9.98. The van der Waals surface area contributed by atoms with E-state index in [1.54, 1.807) is 6.33 Å². The fourth-order valence-electron chi connectivity index (χ4n) is 4.67. The first-order valence-electron chi connectivity index (χ1n) is 13.4. The third kappa shape index (κ3) is 8.24. The van der Waals surface area contributed by atoms with Crippen molar-refractivity contribution in [1.82, 2.24) is 25.1 Å². The van der Waals surface area contributed by atoms with Crippen LogP contribution in [0.2, 0.25) is 0 Å². The topological polar surface area (TPSA) is 171 Å². The smallest absolute Gasteiger partial charge is 0.475 e. The number of alkyl halides is 6. The molecule has 3 aliphatic rings. The molecule has 0 radical (unpaired) electrons. The van der Waals surface area contributed by atoms with Crippen molar-refractivity contribution in [3.8, 4) is 11.3 Å². The van der Waals surface area contributed by atoms with Crippen molar-refractivity contribution >= 4 is 51.6 Å². The number of carboxylic acid groups (broad SMARTS) is 2. The first-order valence-corrected chi connectivity index (χ1v) is 13.4.